The summed E-state index contributed by atoms with van der Waals surface area (Å²) in [5.74, 6) is -1.11. The van der Waals surface area contributed by atoms with E-state index in [0.717, 1.165) is 31.4 Å². The maximum atomic E-state index is 13.3. The lowest BCUT2D eigenvalue weighted by atomic mass is 10.0. The van der Waals surface area contributed by atoms with Crippen LogP contribution in [0.3, 0.4) is 0 Å². The summed E-state index contributed by atoms with van der Waals surface area (Å²) in [6.45, 7) is 2.48. The van der Waals surface area contributed by atoms with E-state index in [1.807, 2.05) is 6.07 Å². The first-order valence-corrected chi connectivity index (χ1v) is 11.5. The first-order chi connectivity index (χ1) is 16.0. The Morgan fingerprint density at radius 3 is 2.52 bits per heavy atom. The monoisotopic (exact) mass is 456 g/mol. The van der Waals surface area contributed by atoms with Gasteiger partial charge in [0.15, 0.2) is 0 Å². The first-order valence-electron chi connectivity index (χ1n) is 11.5. The van der Waals surface area contributed by atoms with Crippen molar-refractivity contribution in [2.24, 2.45) is 0 Å². The number of nitrogens with zero attached hydrogens (tertiary/aromatic N) is 5. The maximum Gasteiger partial charge on any atom is 0.453 e. The number of hydrogen-bond donors (Lipinski definition) is 1. The topological polar surface area (TPSA) is 58.9 Å². The van der Waals surface area contributed by atoms with Crippen molar-refractivity contribution in [2.75, 3.05) is 18.4 Å². The van der Waals surface area contributed by atoms with E-state index < -0.39 is 12.0 Å². The molecule has 9 heteroatoms. The zero-order chi connectivity index (χ0) is 22.8. The molecular formula is C24H27F3N6. The summed E-state index contributed by atoms with van der Waals surface area (Å²) in [6, 6.07) is 12.0. The van der Waals surface area contributed by atoms with Crippen LogP contribution in [-0.4, -0.2) is 43.8 Å². The lowest BCUT2D eigenvalue weighted by molar-refractivity contribution is -0.144. The third-order valence-electron chi connectivity index (χ3n) is 6.58. The van der Waals surface area contributed by atoms with Gasteiger partial charge < -0.3 is 10.2 Å². The van der Waals surface area contributed by atoms with Crippen molar-refractivity contribution in [2.45, 2.75) is 57.3 Å². The highest BCUT2D eigenvalue weighted by molar-refractivity contribution is 5.56. The number of benzene rings is 1. The summed E-state index contributed by atoms with van der Waals surface area (Å²) >= 11 is 0. The van der Waals surface area contributed by atoms with Crippen molar-refractivity contribution in [3.63, 3.8) is 0 Å². The number of nitrogens with one attached hydrogen (secondary N) is 1. The average Bonchev–Trinajstić information content (AvgIpc) is 3.41. The van der Waals surface area contributed by atoms with E-state index in [0.29, 0.717) is 11.7 Å². The zero-order valence-corrected chi connectivity index (χ0v) is 18.4. The Morgan fingerprint density at radius 1 is 1.00 bits per heavy atom. The molecule has 0 spiro atoms. The predicted octanol–water partition coefficient (Wildman–Crippen LogP) is 4.83. The maximum absolute atomic E-state index is 13.3. The second-order valence-corrected chi connectivity index (χ2v) is 8.82. The van der Waals surface area contributed by atoms with Gasteiger partial charge in [-0.25, -0.2) is 4.68 Å². The third-order valence-corrected chi connectivity index (χ3v) is 6.58. The summed E-state index contributed by atoms with van der Waals surface area (Å²) < 4.78 is 41.1. The second kappa shape index (κ2) is 9.13. The SMILES string of the molecule is FC(F)(F)c1nc(Nc2ccc3c(c2)CCC(N2CCCC2)CC3)n(Cc2ccccn2)n1. The van der Waals surface area contributed by atoms with E-state index in [-0.39, 0.29) is 12.5 Å². The molecule has 174 valence electrons. The summed E-state index contributed by atoms with van der Waals surface area (Å²) in [5, 5.41) is 6.78. The summed E-state index contributed by atoms with van der Waals surface area (Å²) in [6.07, 6.45) is 3.84. The Hall–Kier alpha value is -2.94. The molecule has 3 aromatic rings. The number of likely N-dealkylation sites (tertiary alicyclic amines) is 1. The standard InChI is InChI=1S/C24H27F3N6/c25-24(26,27)22-30-23(33(31-22)16-20-5-1-2-12-28-20)29-19-9-6-17-7-10-21(11-8-18(17)15-19)32-13-3-4-14-32/h1-2,5-6,9,12,15,21H,3-4,7-8,10-11,13-14,16H2,(H,29,30,31). The van der Waals surface area contributed by atoms with E-state index in [2.05, 4.69) is 37.4 Å². The third kappa shape index (κ3) is 5.03. The van der Waals surface area contributed by atoms with Crippen LogP contribution < -0.4 is 5.32 Å². The molecule has 33 heavy (non-hydrogen) atoms. The van der Waals surface area contributed by atoms with E-state index >= 15 is 0 Å². The molecule has 1 aliphatic carbocycles. The molecule has 1 N–H and O–H groups in total. The molecule has 6 nitrogen and oxygen atoms in total. The van der Waals surface area contributed by atoms with Crippen molar-refractivity contribution in [3.8, 4) is 0 Å². The van der Waals surface area contributed by atoms with Crippen LogP contribution in [0.2, 0.25) is 0 Å². The van der Waals surface area contributed by atoms with Crippen LogP contribution in [0.4, 0.5) is 24.8 Å². The van der Waals surface area contributed by atoms with Gasteiger partial charge in [0.25, 0.3) is 5.82 Å². The number of anilines is 2. The van der Waals surface area contributed by atoms with Crippen LogP contribution >= 0.6 is 0 Å². The molecule has 5 rings (SSSR count). The van der Waals surface area contributed by atoms with Crippen molar-refractivity contribution in [3.05, 3.63) is 65.2 Å². The van der Waals surface area contributed by atoms with Gasteiger partial charge >= 0.3 is 6.18 Å². The average molecular weight is 457 g/mol. The number of aromatic nitrogens is 4. The van der Waals surface area contributed by atoms with Crippen molar-refractivity contribution in [1.82, 2.24) is 24.6 Å². The Kier molecular flexibility index (Phi) is 6.05. The highest BCUT2D eigenvalue weighted by Crippen LogP contribution is 2.31. The van der Waals surface area contributed by atoms with Gasteiger partial charge in [0.2, 0.25) is 5.95 Å². The molecule has 0 bridgehead atoms. The van der Waals surface area contributed by atoms with Gasteiger partial charge in [-0.15, -0.1) is 5.10 Å². The molecule has 1 fully saturated rings. The van der Waals surface area contributed by atoms with Crippen LogP contribution in [0.5, 0.6) is 0 Å². The second-order valence-electron chi connectivity index (χ2n) is 8.82. The van der Waals surface area contributed by atoms with Gasteiger partial charge in [0.05, 0.1) is 12.2 Å². The zero-order valence-electron chi connectivity index (χ0n) is 18.4. The van der Waals surface area contributed by atoms with Gasteiger partial charge in [-0.05, 0) is 87.0 Å². The molecule has 2 aliphatic rings. The lowest BCUT2D eigenvalue weighted by Crippen LogP contribution is -2.32. The molecule has 1 unspecified atom stereocenters. The molecular weight excluding hydrogens is 429 g/mol. The highest BCUT2D eigenvalue weighted by Gasteiger charge is 2.37. The normalized spacial score (nSPS) is 19.3. The van der Waals surface area contributed by atoms with Gasteiger partial charge in [-0.2, -0.15) is 18.2 Å². The number of halogens is 3. The highest BCUT2D eigenvalue weighted by atomic mass is 19.4. The van der Waals surface area contributed by atoms with Crippen LogP contribution in [0.15, 0.2) is 42.6 Å². The van der Waals surface area contributed by atoms with Gasteiger partial charge in [0.1, 0.15) is 0 Å². The Morgan fingerprint density at radius 2 is 1.79 bits per heavy atom. The minimum absolute atomic E-state index is 0.0523. The number of pyridine rings is 1. The van der Waals surface area contributed by atoms with Crippen LogP contribution in [-0.2, 0) is 25.6 Å². The fraction of sp³-hybridized carbons (Fsp3) is 0.458. The van der Waals surface area contributed by atoms with E-state index in [1.54, 1.807) is 24.4 Å². The molecule has 3 heterocycles. The summed E-state index contributed by atoms with van der Waals surface area (Å²) in [5.41, 5.74) is 3.91. The Labute approximate surface area is 190 Å². The number of rotatable bonds is 5. The Bertz CT molecular complexity index is 1090. The first kappa shape index (κ1) is 21.9. The number of alkyl halides is 3. The van der Waals surface area contributed by atoms with E-state index in [4.69, 9.17) is 0 Å². The van der Waals surface area contributed by atoms with Gasteiger partial charge in [-0.3, -0.25) is 4.98 Å². The molecule has 1 atom stereocenters. The van der Waals surface area contributed by atoms with Gasteiger partial charge in [-0.1, -0.05) is 12.1 Å². The minimum atomic E-state index is -4.62. The van der Waals surface area contributed by atoms with E-state index in [1.165, 1.54) is 41.7 Å². The van der Waals surface area contributed by atoms with Crippen LogP contribution in [0, 0.1) is 0 Å². The summed E-state index contributed by atoms with van der Waals surface area (Å²) in [4.78, 5) is 10.6. The van der Waals surface area contributed by atoms with Crippen LogP contribution in [0.25, 0.3) is 0 Å². The number of fused-ring (bicyclic) bond motifs is 1. The molecule has 1 aromatic carbocycles. The molecule has 1 aliphatic heterocycles. The largest absolute Gasteiger partial charge is 0.453 e. The lowest BCUT2D eigenvalue weighted by Gasteiger charge is -2.25. The van der Waals surface area contributed by atoms with Crippen molar-refractivity contribution < 1.29 is 13.2 Å². The molecule has 0 radical (unpaired) electrons. The van der Waals surface area contributed by atoms with Crippen molar-refractivity contribution >= 4 is 11.6 Å². The van der Waals surface area contributed by atoms with E-state index in [9.17, 15) is 13.2 Å². The molecule has 1 saturated heterocycles. The quantitative estimate of drug-likeness (QED) is 0.558. The Balaban J connectivity index is 1.36. The fourth-order valence-electron chi connectivity index (χ4n) is 4.88. The molecule has 0 saturated carbocycles. The van der Waals surface area contributed by atoms with Crippen LogP contribution in [0.1, 0.15) is 48.3 Å². The molecule has 2 aromatic heterocycles. The number of hydrogen-bond acceptors (Lipinski definition) is 5. The fourth-order valence-corrected chi connectivity index (χ4v) is 4.88. The van der Waals surface area contributed by atoms with Crippen molar-refractivity contribution in [1.29, 1.82) is 0 Å². The number of aryl methyl sites for hydroxylation is 2. The predicted molar refractivity (Wildman–Crippen MR) is 119 cm³/mol. The molecule has 0 amide bonds. The van der Waals surface area contributed by atoms with Gasteiger partial charge in [0, 0.05) is 17.9 Å². The summed E-state index contributed by atoms with van der Waals surface area (Å²) in [7, 11) is 0. The minimum Gasteiger partial charge on any atom is -0.324 e. The smallest absolute Gasteiger partial charge is 0.324 e.